The molecular formula is C106H88BBr2F3IMgN6O7S. The first-order valence-corrected chi connectivity index (χ1v) is 42.3. The maximum absolute atomic E-state index is 12.2. The minimum Gasteiger partial charge on any atom is -1.00 e. The van der Waals surface area contributed by atoms with E-state index < -0.39 is 17.7 Å². The molecule has 0 fully saturated rings. The molecule has 7 heterocycles. The number of ether oxygens (including phenoxy) is 2. The number of benzene rings is 15. The zero-order valence-corrected chi connectivity index (χ0v) is 79.2. The fraction of sp³-hybridized carbons (Fsp3) is 0.113. The Bertz CT molecular complexity index is 7360. The van der Waals surface area contributed by atoms with Gasteiger partial charge in [0.25, 0.3) is 0 Å². The number of aliphatic carboxylic acids is 1. The number of aromatic amines is 1. The number of rotatable bonds is 5. The van der Waals surface area contributed by atoms with Crippen LogP contribution in [0.15, 0.2) is 359 Å². The van der Waals surface area contributed by atoms with Crippen molar-refractivity contribution in [2.24, 2.45) is 4.30 Å². The zero-order valence-electron chi connectivity index (χ0n) is 71.6. The number of carbonyl (C=O) groups excluding carboxylic acids is 2. The van der Waals surface area contributed by atoms with E-state index in [1.54, 1.807) is 24.3 Å². The molecule has 15 aromatic carbocycles. The topological polar surface area (TPSA) is 158 Å². The number of methoxy groups -OCH3 is 2. The summed E-state index contributed by atoms with van der Waals surface area (Å²) in [6.45, 7) is 13.0. The molecule has 1 radical (unpaired) electrons. The van der Waals surface area contributed by atoms with Gasteiger partial charge in [0.05, 0.1) is 97.8 Å². The van der Waals surface area contributed by atoms with E-state index >= 15 is 0 Å². The van der Waals surface area contributed by atoms with Gasteiger partial charge in [0.1, 0.15) is 0 Å². The summed E-state index contributed by atoms with van der Waals surface area (Å²) >= 11 is 10.2. The van der Waals surface area contributed by atoms with E-state index in [0.29, 0.717) is 11.1 Å². The summed E-state index contributed by atoms with van der Waals surface area (Å²) in [5.74, 6) is -3.41. The largest absolute Gasteiger partial charge is 2.00 e. The molecule has 0 atom stereocenters. The maximum atomic E-state index is 12.2. The third-order valence-electron chi connectivity index (χ3n) is 22.9. The summed E-state index contributed by atoms with van der Waals surface area (Å²) in [7, 11) is 7.11. The molecule has 0 saturated carbocycles. The van der Waals surface area contributed by atoms with E-state index in [2.05, 4.69) is 367 Å². The molecule has 0 spiro atoms. The van der Waals surface area contributed by atoms with E-state index in [-0.39, 0.29) is 77.2 Å². The molecule has 22 rings (SSSR count). The maximum Gasteiger partial charge on any atom is 2.00 e. The van der Waals surface area contributed by atoms with Crippen molar-refractivity contribution in [2.45, 2.75) is 64.1 Å². The number of H-pyrrole nitrogens is 1. The molecule has 5 aromatic heterocycles. The molecule has 128 heavy (non-hydrogen) atoms. The van der Waals surface area contributed by atoms with Crippen LogP contribution in [0.3, 0.4) is 0 Å². The first-order valence-electron chi connectivity index (χ1n) is 40.3. The molecule has 0 saturated heterocycles. The fourth-order valence-electron chi connectivity index (χ4n) is 17.3. The molecule has 13 nitrogen and oxygen atoms in total. The molecule has 0 unspecified atom stereocenters. The number of hydrogen-bond donors (Lipinski definition) is 4. The van der Waals surface area contributed by atoms with Gasteiger partial charge in [-0.05, 0) is 155 Å². The predicted octanol–water partition coefficient (Wildman–Crippen LogP) is 24.6. The van der Waals surface area contributed by atoms with Crippen molar-refractivity contribution in [2.75, 3.05) is 14.2 Å². The van der Waals surface area contributed by atoms with Crippen LogP contribution in [-0.2, 0) is 30.7 Å². The number of fused-ring (bicyclic) bond motifs is 19. The minimum absolute atomic E-state index is 0. The third-order valence-corrected chi connectivity index (χ3v) is 24.0. The second-order valence-electron chi connectivity index (χ2n) is 31.5. The van der Waals surface area contributed by atoms with Crippen LogP contribution < -0.4 is 24.0 Å². The minimum atomic E-state index is -5.08. The van der Waals surface area contributed by atoms with Crippen LogP contribution in [0.1, 0.15) is 90.1 Å². The van der Waals surface area contributed by atoms with Crippen LogP contribution in [0.25, 0.3) is 132 Å². The van der Waals surface area contributed by atoms with Gasteiger partial charge in [0.15, 0.2) is 0 Å². The number of nitrogens with zero attached hydrogens (tertiary/aromatic N) is 5. The van der Waals surface area contributed by atoms with Crippen molar-refractivity contribution in [3.8, 4) is 22.7 Å². The number of aromatic nitrogens is 5. The normalized spacial score (nSPS) is 12.1. The Kier molecular flexibility index (Phi) is 29.9. The Morgan fingerprint density at radius 1 is 0.398 bits per heavy atom. The van der Waals surface area contributed by atoms with E-state index in [9.17, 15) is 27.9 Å². The molecule has 0 bridgehead atoms. The van der Waals surface area contributed by atoms with Crippen molar-refractivity contribution in [1.82, 2.24) is 23.3 Å². The summed E-state index contributed by atoms with van der Waals surface area (Å²) < 4.78 is 55.1. The van der Waals surface area contributed by atoms with E-state index in [0.717, 1.165) is 48.0 Å². The van der Waals surface area contributed by atoms with Gasteiger partial charge in [-0.1, -0.05) is 286 Å². The van der Waals surface area contributed by atoms with Crippen LogP contribution in [0.5, 0.6) is 0 Å². The second kappa shape index (κ2) is 40.2. The molecule has 20 aromatic rings. The summed E-state index contributed by atoms with van der Waals surface area (Å²) in [5.41, 5.74) is 23.4. The Morgan fingerprint density at radius 2 is 0.695 bits per heavy atom. The molecule has 637 valence electrons. The van der Waals surface area contributed by atoms with Crippen molar-refractivity contribution >= 4 is 202 Å². The Hall–Kier alpha value is -11.9. The SMILES string of the molecule is CC(C)(O)c1ccccc1-n1c2ccccc2c2ccccc21.CC1(C)c2ccccc2-n2c3ccccc3c3cc(Br)cc1c32.CC1(C)c2ccccc2-n2c3ccccc3c3cccc1c32.COC(=O)c1ccccc1-n1c2ccccc2c2ccccc21.COC(=O)c1ccccc1Br.O=C(O)C(F)(F)F.[B]=NS.[CH3-].[I-].[Mg+2].c1ccc2c(c1)[nH]c1ccccc12. The monoisotopic (exact) mass is 1970 g/mol. The van der Waals surface area contributed by atoms with Crippen molar-refractivity contribution in [3.05, 3.63) is 401 Å². The van der Waals surface area contributed by atoms with Crippen LogP contribution in [0.4, 0.5) is 13.2 Å². The smallest absolute Gasteiger partial charge is 1.00 e. The van der Waals surface area contributed by atoms with Gasteiger partial charge < -0.3 is 74.3 Å². The summed E-state index contributed by atoms with van der Waals surface area (Å²) in [6.07, 6.45) is -5.08. The number of para-hydroxylation sites is 13. The number of carbonyl (C=O) groups is 3. The average molecular weight is 1970 g/mol. The molecule has 2 aliphatic rings. The number of carboxylic acid groups (broad SMARTS) is 1. The van der Waals surface area contributed by atoms with Gasteiger partial charge in [0, 0.05) is 90.2 Å². The molecule has 0 aliphatic carbocycles. The fourth-order valence-corrected chi connectivity index (χ4v) is 18.2. The van der Waals surface area contributed by atoms with Crippen molar-refractivity contribution in [3.63, 3.8) is 0 Å². The quantitative estimate of drug-likeness (QED) is 0.0439. The number of carboxylic acids is 1. The number of halogens is 6. The van der Waals surface area contributed by atoms with Crippen molar-refractivity contribution in [1.29, 1.82) is 0 Å². The predicted molar refractivity (Wildman–Crippen MR) is 526 cm³/mol. The van der Waals surface area contributed by atoms with Crippen LogP contribution >= 0.6 is 44.7 Å². The van der Waals surface area contributed by atoms with Gasteiger partial charge in [-0.25, -0.2) is 14.4 Å². The van der Waals surface area contributed by atoms with E-state index in [4.69, 9.17) is 14.6 Å². The molecule has 3 N–H and O–H groups in total. The number of nitrogens with one attached hydrogen (secondary N) is 1. The van der Waals surface area contributed by atoms with Crippen LogP contribution in [-0.4, -0.2) is 102 Å². The number of esters is 2. The summed E-state index contributed by atoms with van der Waals surface area (Å²) in [6, 6.07) is 119. The Morgan fingerprint density at radius 3 is 1.12 bits per heavy atom. The molecule has 0 amide bonds. The number of aliphatic hydroxyl groups is 1. The third kappa shape index (κ3) is 18.5. The second-order valence-corrected chi connectivity index (χ2v) is 33.5. The van der Waals surface area contributed by atoms with E-state index in [1.807, 2.05) is 80.6 Å². The van der Waals surface area contributed by atoms with Crippen LogP contribution in [0.2, 0.25) is 0 Å². The molecular weight excluding hydrogens is 1880 g/mol. The number of hydrogen-bond acceptors (Lipinski definition) is 8. The molecule has 2 aliphatic heterocycles. The Balaban J connectivity index is 0.000000138. The van der Waals surface area contributed by atoms with Gasteiger partial charge in [-0.15, -0.1) is 0 Å². The summed E-state index contributed by atoms with van der Waals surface area (Å²) in [4.78, 5) is 35.4. The van der Waals surface area contributed by atoms with Gasteiger partial charge in [-0.2, -0.15) is 13.2 Å². The molecule has 22 heteroatoms. The standard InChI is InChI=1S/C21H16BrN.C21H19NO.C21H17N.C20H15NO2.C12H9N.C8H7BrO2.C2HF3O2.CH3.BHNS.HI.Mg/c1-21(2)16-8-4-6-10-19(16)23-18-9-5-3-7-14(18)15-11-13(22)12-17(21)20(15)23;1-21(2,23)17-11-5-8-14-20(17)22-18-12-6-3-9-15(18)16-10-4-7-13-19(16)22;1-21(2)16-10-4-6-13-19(16)22-18-12-5-3-8-14(18)15-9-7-11-17(21)20(15)22;1-23-20(22)16-10-4-7-13-19(16)21-17-11-5-2-8-14(17)15-9-3-6-12-18(15)21;1-3-7-11-9(5-1)10-6-2-4-8-12(10)13-11;1-11-8(10)6-4-2-3-5-7(6)9;3-2(4,5)1(6)7;;1-2-3;;/h3-12H,1-2H3;3-14,23H,1-2H3;3-13H,1-2H3;2-13H,1H3;1-8,13H;2-5H,1H3;(H,6,7);1H3;3H;1H;/q;;;;;;;-1;;;+2/p-1. The zero-order chi connectivity index (χ0) is 88.2. The number of alkyl halides is 3. The first kappa shape index (κ1) is 95.2. The average Bonchev–Trinajstić information content (AvgIpc) is 1.55. The Labute approximate surface area is 796 Å². The van der Waals surface area contributed by atoms with Crippen molar-refractivity contribution < 1.29 is 71.2 Å². The van der Waals surface area contributed by atoms with Gasteiger partial charge >= 0.3 is 71.9 Å². The van der Waals surface area contributed by atoms with Gasteiger partial charge in [-0.3, -0.25) is 0 Å². The van der Waals surface area contributed by atoms with E-state index in [1.165, 1.54) is 135 Å². The first-order chi connectivity index (χ1) is 60.2. The van der Waals surface area contributed by atoms with Crippen LogP contribution in [0, 0.1) is 7.43 Å². The number of thiol groups is 1. The van der Waals surface area contributed by atoms with Gasteiger partial charge in [0.2, 0.25) is 0 Å². The summed E-state index contributed by atoms with van der Waals surface area (Å²) in [5, 5.41) is 30.5.